The molecule has 3 N–H and O–H groups in total. The van der Waals surface area contributed by atoms with Crippen LogP contribution >= 0.6 is 0 Å². The van der Waals surface area contributed by atoms with E-state index < -0.39 is 5.60 Å². The molecule has 0 radical (unpaired) electrons. The molecule has 1 heterocycles. The molecule has 1 saturated heterocycles. The molecule has 0 spiro atoms. The first-order valence-electron chi connectivity index (χ1n) is 6.05. The summed E-state index contributed by atoms with van der Waals surface area (Å²) < 4.78 is 0. The van der Waals surface area contributed by atoms with E-state index in [9.17, 15) is 9.90 Å². The smallest absolute Gasteiger partial charge is 0.221 e. The van der Waals surface area contributed by atoms with Gasteiger partial charge < -0.3 is 10.8 Å². The minimum atomic E-state index is -0.639. The van der Waals surface area contributed by atoms with Crippen LogP contribution in [0.15, 0.2) is 0 Å². The maximum absolute atomic E-state index is 11.2. The number of carbonyl (C=O) groups excluding carboxylic acids is 1. The van der Waals surface area contributed by atoms with E-state index >= 15 is 0 Å². The summed E-state index contributed by atoms with van der Waals surface area (Å²) in [5.74, 6) is -0.210. The van der Waals surface area contributed by atoms with Crippen molar-refractivity contribution in [3.63, 3.8) is 0 Å². The van der Waals surface area contributed by atoms with Crippen LogP contribution in [0.3, 0.4) is 0 Å². The number of aliphatic hydroxyl groups is 1. The predicted octanol–water partition coefficient (Wildman–Crippen LogP) is 0.733. The van der Waals surface area contributed by atoms with Crippen molar-refractivity contribution in [2.75, 3.05) is 13.1 Å². The van der Waals surface area contributed by atoms with Gasteiger partial charge in [0.05, 0.1) is 11.5 Å². The third-order valence-corrected chi connectivity index (χ3v) is 3.42. The lowest BCUT2D eigenvalue weighted by molar-refractivity contribution is -0.124. The van der Waals surface area contributed by atoms with Crippen LogP contribution in [-0.4, -0.2) is 40.6 Å². The number of likely N-dealkylation sites (tertiary alicyclic amines) is 1. The van der Waals surface area contributed by atoms with Crippen LogP contribution in [0.1, 0.15) is 40.0 Å². The van der Waals surface area contributed by atoms with Crippen molar-refractivity contribution < 1.29 is 9.90 Å². The Labute approximate surface area is 97.8 Å². The molecule has 0 aromatic carbocycles. The van der Waals surface area contributed by atoms with Crippen molar-refractivity contribution in [3.8, 4) is 0 Å². The Morgan fingerprint density at radius 2 is 2.12 bits per heavy atom. The zero-order chi connectivity index (χ0) is 12.3. The fourth-order valence-electron chi connectivity index (χ4n) is 2.14. The molecule has 1 fully saturated rings. The van der Waals surface area contributed by atoms with E-state index in [4.69, 9.17) is 5.73 Å². The third-order valence-electron chi connectivity index (χ3n) is 3.42. The monoisotopic (exact) mass is 228 g/mol. The van der Waals surface area contributed by atoms with Gasteiger partial charge in [0.15, 0.2) is 0 Å². The van der Waals surface area contributed by atoms with Crippen LogP contribution < -0.4 is 5.73 Å². The first kappa shape index (κ1) is 13.5. The highest BCUT2D eigenvalue weighted by Crippen LogP contribution is 2.22. The van der Waals surface area contributed by atoms with Crippen molar-refractivity contribution >= 4 is 5.91 Å². The Hall–Kier alpha value is -0.610. The number of hydrogen-bond donors (Lipinski definition) is 2. The van der Waals surface area contributed by atoms with Gasteiger partial charge in [0.2, 0.25) is 5.91 Å². The predicted molar refractivity (Wildman–Crippen MR) is 63.9 cm³/mol. The lowest BCUT2D eigenvalue weighted by Crippen LogP contribution is -2.47. The maximum Gasteiger partial charge on any atom is 0.221 e. The van der Waals surface area contributed by atoms with E-state index in [1.807, 2.05) is 13.8 Å². The second-order valence-electron chi connectivity index (χ2n) is 5.58. The second-order valence-corrected chi connectivity index (χ2v) is 5.58. The summed E-state index contributed by atoms with van der Waals surface area (Å²) in [6, 6.07) is 0.484. The number of hydrogen-bond acceptors (Lipinski definition) is 3. The molecular weight excluding hydrogens is 204 g/mol. The molecule has 4 heteroatoms. The van der Waals surface area contributed by atoms with Gasteiger partial charge in [-0.25, -0.2) is 0 Å². The lowest BCUT2D eigenvalue weighted by atomic mass is 9.92. The van der Waals surface area contributed by atoms with Gasteiger partial charge in [-0.1, -0.05) is 0 Å². The topological polar surface area (TPSA) is 66.6 Å². The molecule has 1 rings (SSSR count). The van der Waals surface area contributed by atoms with Crippen LogP contribution in [0.25, 0.3) is 0 Å². The van der Waals surface area contributed by atoms with Crippen LogP contribution in [0.4, 0.5) is 0 Å². The van der Waals surface area contributed by atoms with E-state index in [2.05, 4.69) is 11.8 Å². The summed E-state index contributed by atoms with van der Waals surface area (Å²) in [7, 11) is 0. The number of nitrogens with two attached hydrogens (primary N) is 1. The summed E-state index contributed by atoms with van der Waals surface area (Å²) in [6.07, 6.45) is 2.64. The molecular formula is C12H24N2O2. The molecule has 0 saturated carbocycles. The summed E-state index contributed by atoms with van der Waals surface area (Å²) in [5, 5.41) is 9.69. The lowest BCUT2D eigenvalue weighted by Gasteiger charge is -2.37. The van der Waals surface area contributed by atoms with Crippen LogP contribution in [-0.2, 0) is 4.79 Å². The van der Waals surface area contributed by atoms with Crippen LogP contribution in [0, 0.1) is 5.92 Å². The van der Waals surface area contributed by atoms with Gasteiger partial charge >= 0.3 is 0 Å². The van der Waals surface area contributed by atoms with Gasteiger partial charge in [0, 0.05) is 19.1 Å². The van der Waals surface area contributed by atoms with E-state index in [1.165, 1.54) is 0 Å². The molecule has 0 aliphatic carbocycles. The second kappa shape index (κ2) is 5.15. The van der Waals surface area contributed by atoms with Crippen molar-refractivity contribution in [2.24, 2.45) is 11.7 Å². The highest BCUT2D eigenvalue weighted by Gasteiger charge is 2.29. The van der Waals surface area contributed by atoms with Gasteiger partial charge in [-0.2, -0.15) is 0 Å². The van der Waals surface area contributed by atoms with Crippen LogP contribution in [0.5, 0.6) is 0 Å². The zero-order valence-corrected chi connectivity index (χ0v) is 10.6. The van der Waals surface area contributed by atoms with Gasteiger partial charge in [0.1, 0.15) is 0 Å². The molecule has 1 aliphatic heterocycles. The minimum Gasteiger partial charge on any atom is -0.390 e. The number of piperidine rings is 1. The molecule has 1 amide bonds. The SMILES string of the molecule is CC1CCC(C(N)=O)CN1CCC(C)(C)O. The molecule has 2 unspecified atom stereocenters. The zero-order valence-electron chi connectivity index (χ0n) is 10.6. The first-order valence-corrected chi connectivity index (χ1v) is 6.05. The summed E-state index contributed by atoms with van der Waals surface area (Å²) in [4.78, 5) is 13.4. The average molecular weight is 228 g/mol. The highest BCUT2D eigenvalue weighted by molar-refractivity contribution is 5.76. The standard InChI is InChI=1S/C12H24N2O2/c1-9-4-5-10(11(13)15)8-14(9)7-6-12(2,3)16/h9-10,16H,4-8H2,1-3H3,(H2,13,15). The molecule has 0 bridgehead atoms. The summed E-state index contributed by atoms with van der Waals surface area (Å²) in [5.41, 5.74) is 4.70. The van der Waals surface area contributed by atoms with E-state index in [0.29, 0.717) is 6.04 Å². The van der Waals surface area contributed by atoms with Crippen molar-refractivity contribution in [1.82, 2.24) is 4.90 Å². The number of primary amides is 1. The summed E-state index contributed by atoms with van der Waals surface area (Å²) in [6.45, 7) is 7.36. The van der Waals surface area contributed by atoms with Gasteiger partial charge in [-0.05, 0) is 40.0 Å². The number of rotatable bonds is 4. The Balaban J connectivity index is 2.47. The van der Waals surface area contributed by atoms with Crippen LogP contribution in [0.2, 0.25) is 0 Å². The number of carbonyl (C=O) groups is 1. The van der Waals surface area contributed by atoms with Crippen molar-refractivity contribution in [1.29, 1.82) is 0 Å². The minimum absolute atomic E-state index is 0.0157. The first-order chi connectivity index (χ1) is 7.29. The van der Waals surface area contributed by atoms with E-state index in [-0.39, 0.29) is 11.8 Å². The molecule has 1 aliphatic rings. The number of amides is 1. The van der Waals surface area contributed by atoms with Crippen molar-refractivity contribution in [3.05, 3.63) is 0 Å². The molecule has 2 atom stereocenters. The largest absolute Gasteiger partial charge is 0.390 e. The van der Waals surface area contributed by atoms with E-state index in [1.54, 1.807) is 0 Å². The van der Waals surface area contributed by atoms with Crippen molar-refractivity contribution in [2.45, 2.75) is 51.7 Å². The average Bonchev–Trinajstić information content (AvgIpc) is 2.14. The van der Waals surface area contributed by atoms with Gasteiger partial charge in [-0.15, -0.1) is 0 Å². The molecule has 0 aromatic heterocycles. The Kier molecular flexibility index (Phi) is 4.33. The Morgan fingerprint density at radius 1 is 1.50 bits per heavy atom. The molecule has 16 heavy (non-hydrogen) atoms. The van der Waals surface area contributed by atoms with Gasteiger partial charge in [0.25, 0.3) is 0 Å². The Bertz CT molecular complexity index is 248. The Morgan fingerprint density at radius 3 is 2.62 bits per heavy atom. The summed E-state index contributed by atoms with van der Waals surface area (Å²) >= 11 is 0. The highest BCUT2D eigenvalue weighted by atomic mass is 16.3. The fraction of sp³-hybridized carbons (Fsp3) is 0.917. The number of nitrogens with zero attached hydrogens (tertiary/aromatic N) is 1. The quantitative estimate of drug-likeness (QED) is 0.745. The molecule has 4 nitrogen and oxygen atoms in total. The molecule has 0 aromatic rings. The normalized spacial score (nSPS) is 28.0. The maximum atomic E-state index is 11.2. The third kappa shape index (κ3) is 4.10. The van der Waals surface area contributed by atoms with E-state index in [0.717, 1.165) is 32.4 Å². The van der Waals surface area contributed by atoms with Gasteiger partial charge in [-0.3, -0.25) is 9.69 Å². The fourth-order valence-corrected chi connectivity index (χ4v) is 2.14. The molecule has 94 valence electrons.